The Morgan fingerprint density at radius 2 is 2.00 bits per heavy atom. The highest BCUT2D eigenvalue weighted by atomic mass is 16.5. The fraction of sp³-hybridized carbons (Fsp3) is 0.412. The number of ether oxygens (including phenoxy) is 1. The molecule has 1 aromatic rings. The average Bonchev–Trinajstić information content (AvgIpc) is 2.86. The van der Waals surface area contributed by atoms with Crippen LogP contribution in [-0.4, -0.2) is 30.3 Å². The molecule has 0 saturated carbocycles. The van der Waals surface area contributed by atoms with Gasteiger partial charge in [0, 0.05) is 23.7 Å². The van der Waals surface area contributed by atoms with Crippen LogP contribution < -0.4 is 4.74 Å². The summed E-state index contributed by atoms with van der Waals surface area (Å²) in [5.74, 6) is -1.84. The third-order valence-corrected chi connectivity index (χ3v) is 4.04. The number of amides is 1. The Balaban J connectivity index is 2.57. The topological polar surface area (TPSA) is 89.5 Å². The molecule has 1 heterocycles. The summed E-state index contributed by atoms with van der Waals surface area (Å²) in [7, 11) is 1.53. The summed E-state index contributed by atoms with van der Waals surface area (Å²) in [5, 5.41) is 24.4. The van der Waals surface area contributed by atoms with Crippen LogP contribution in [0.4, 0.5) is 0 Å². The third-order valence-electron chi connectivity index (χ3n) is 4.04. The van der Waals surface area contributed by atoms with E-state index < -0.39 is 17.8 Å². The van der Waals surface area contributed by atoms with Gasteiger partial charge in [-0.25, -0.2) is 5.01 Å². The lowest BCUT2D eigenvalue weighted by atomic mass is 9.75. The summed E-state index contributed by atoms with van der Waals surface area (Å²) in [6.07, 6.45) is 0. The van der Waals surface area contributed by atoms with Crippen molar-refractivity contribution in [2.24, 2.45) is 16.9 Å². The number of hydrazone groups is 1. The molecule has 2 rings (SSSR count). The molecule has 0 radical (unpaired) electrons. The molecule has 1 aliphatic heterocycles. The van der Waals surface area contributed by atoms with Crippen molar-refractivity contribution in [2.75, 3.05) is 13.7 Å². The zero-order chi connectivity index (χ0) is 17.0. The monoisotopic (exact) mass is 310 g/mol. The number of benzene rings is 1. The second-order valence-corrected chi connectivity index (χ2v) is 5.28. The molecule has 0 N–H and O–H groups in total. The fourth-order valence-electron chi connectivity index (χ4n) is 2.96. The van der Waals surface area contributed by atoms with Gasteiger partial charge in [-0.2, -0.15) is 15.6 Å². The van der Waals surface area contributed by atoms with Gasteiger partial charge < -0.3 is 4.74 Å². The van der Waals surface area contributed by atoms with Gasteiger partial charge in [0.15, 0.2) is 0 Å². The Hall–Kier alpha value is -2.86. The number of carbonyl (C=O) groups excluding carboxylic acids is 1. The molecule has 0 aromatic heterocycles. The molecule has 1 amide bonds. The molecular weight excluding hydrogens is 292 g/mol. The van der Waals surface area contributed by atoms with Crippen molar-refractivity contribution in [3.63, 3.8) is 0 Å². The lowest BCUT2D eigenvalue weighted by Crippen LogP contribution is -2.34. The summed E-state index contributed by atoms with van der Waals surface area (Å²) >= 11 is 0. The van der Waals surface area contributed by atoms with E-state index in [9.17, 15) is 15.3 Å². The second kappa shape index (κ2) is 6.93. The fourth-order valence-corrected chi connectivity index (χ4v) is 2.96. The molecule has 0 saturated heterocycles. The van der Waals surface area contributed by atoms with E-state index in [0.717, 1.165) is 0 Å². The van der Waals surface area contributed by atoms with Crippen molar-refractivity contribution in [3.05, 3.63) is 29.8 Å². The predicted molar refractivity (Wildman–Crippen MR) is 84.4 cm³/mol. The van der Waals surface area contributed by atoms with E-state index in [4.69, 9.17) is 4.74 Å². The van der Waals surface area contributed by atoms with Crippen LogP contribution in [0.5, 0.6) is 5.75 Å². The van der Waals surface area contributed by atoms with Crippen LogP contribution in [0, 0.1) is 34.5 Å². The first-order valence-corrected chi connectivity index (χ1v) is 7.37. The minimum atomic E-state index is -0.970. The smallest absolute Gasteiger partial charge is 0.252 e. The summed E-state index contributed by atoms with van der Waals surface area (Å²) in [4.78, 5) is 12.6. The highest BCUT2D eigenvalue weighted by Crippen LogP contribution is 2.40. The number of methoxy groups -OCH3 is 1. The molecule has 0 bridgehead atoms. The number of rotatable bonds is 5. The normalized spacial score (nSPS) is 18.3. The van der Waals surface area contributed by atoms with Crippen LogP contribution in [0.25, 0.3) is 0 Å². The van der Waals surface area contributed by atoms with Gasteiger partial charge in [-0.3, -0.25) is 4.79 Å². The van der Waals surface area contributed by atoms with Gasteiger partial charge in [0.25, 0.3) is 5.91 Å². The van der Waals surface area contributed by atoms with Crippen LogP contribution >= 0.6 is 0 Å². The van der Waals surface area contributed by atoms with Crippen LogP contribution in [-0.2, 0) is 4.79 Å². The van der Waals surface area contributed by atoms with Crippen LogP contribution in [0.15, 0.2) is 29.4 Å². The maximum atomic E-state index is 12.6. The van der Waals surface area contributed by atoms with Gasteiger partial charge in [-0.15, -0.1) is 0 Å². The SMILES string of the molecule is CCN1N=C(C)[C@@H]([C@H](c2ccccc2OC)C(C#N)C#N)C1=O. The van der Waals surface area contributed by atoms with Crippen molar-refractivity contribution in [3.8, 4) is 17.9 Å². The molecule has 23 heavy (non-hydrogen) atoms. The highest BCUT2D eigenvalue weighted by molar-refractivity contribution is 6.07. The minimum Gasteiger partial charge on any atom is -0.496 e. The van der Waals surface area contributed by atoms with Crippen molar-refractivity contribution in [2.45, 2.75) is 19.8 Å². The number of nitriles is 2. The Labute approximate surface area is 135 Å². The molecule has 1 aliphatic rings. The lowest BCUT2D eigenvalue weighted by Gasteiger charge is -2.25. The highest BCUT2D eigenvalue weighted by Gasteiger charge is 2.44. The van der Waals surface area contributed by atoms with Crippen molar-refractivity contribution >= 4 is 11.6 Å². The van der Waals surface area contributed by atoms with Crippen LogP contribution in [0.3, 0.4) is 0 Å². The Kier molecular flexibility index (Phi) is 4.98. The minimum absolute atomic E-state index is 0.184. The van der Waals surface area contributed by atoms with Crippen molar-refractivity contribution < 1.29 is 9.53 Å². The van der Waals surface area contributed by atoms with E-state index in [-0.39, 0.29) is 5.91 Å². The molecule has 118 valence electrons. The summed E-state index contributed by atoms with van der Waals surface area (Å²) in [6.45, 7) is 4.04. The van der Waals surface area contributed by atoms with Crippen LogP contribution in [0.2, 0.25) is 0 Å². The number of hydrogen-bond acceptors (Lipinski definition) is 5. The number of para-hydroxylation sites is 1. The van der Waals surface area contributed by atoms with E-state index in [1.165, 1.54) is 12.1 Å². The molecule has 0 aliphatic carbocycles. The maximum Gasteiger partial charge on any atom is 0.252 e. The van der Waals surface area contributed by atoms with E-state index >= 15 is 0 Å². The van der Waals surface area contributed by atoms with E-state index in [2.05, 4.69) is 5.10 Å². The molecule has 0 fully saturated rings. The number of nitrogens with zero attached hydrogens (tertiary/aromatic N) is 4. The largest absolute Gasteiger partial charge is 0.496 e. The van der Waals surface area contributed by atoms with Crippen LogP contribution in [0.1, 0.15) is 25.3 Å². The quantitative estimate of drug-likeness (QED) is 0.834. The van der Waals surface area contributed by atoms with E-state index in [1.807, 2.05) is 25.1 Å². The molecular formula is C17H18N4O2. The molecule has 0 spiro atoms. The first-order valence-electron chi connectivity index (χ1n) is 7.37. The first-order chi connectivity index (χ1) is 11.1. The Bertz CT molecular complexity index is 700. The zero-order valence-electron chi connectivity index (χ0n) is 13.4. The van der Waals surface area contributed by atoms with Gasteiger partial charge in [0.05, 0.1) is 25.2 Å². The van der Waals surface area contributed by atoms with Gasteiger partial charge in [0.1, 0.15) is 11.7 Å². The zero-order valence-corrected chi connectivity index (χ0v) is 13.4. The van der Waals surface area contributed by atoms with Gasteiger partial charge in [0.2, 0.25) is 0 Å². The van der Waals surface area contributed by atoms with Crippen molar-refractivity contribution in [1.82, 2.24) is 5.01 Å². The van der Waals surface area contributed by atoms with Gasteiger partial charge in [-0.05, 0) is 19.9 Å². The first kappa shape index (κ1) is 16.5. The third kappa shape index (κ3) is 2.89. The van der Waals surface area contributed by atoms with Gasteiger partial charge >= 0.3 is 0 Å². The standard InChI is InChI=1S/C17H18N4O2/c1-4-21-17(22)15(11(2)20-21)16(12(9-18)10-19)13-7-5-6-8-14(13)23-3/h5-8,12,15-16H,4H2,1-3H3/t15-,16-/m0/s1. The number of carbonyl (C=O) groups is 1. The summed E-state index contributed by atoms with van der Waals surface area (Å²) in [5.41, 5.74) is 1.29. The summed E-state index contributed by atoms with van der Waals surface area (Å²) in [6, 6.07) is 11.2. The van der Waals surface area contributed by atoms with Gasteiger partial charge in [-0.1, -0.05) is 18.2 Å². The summed E-state index contributed by atoms with van der Waals surface area (Å²) < 4.78 is 5.37. The predicted octanol–water partition coefficient (Wildman–Crippen LogP) is 2.30. The Morgan fingerprint density at radius 3 is 2.52 bits per heavy atom. The molecule has 0 unspecified atom stereocenters. The molecule has 1 aromatic carbocycles. The van der Waals surface area contributed by atoms with Crippen molar-refractivity contribution in [1.29, 1.82) is 10.5 Å². The molecule has 6 nitrogen and oxygen atoms in total. The maximum absolute atomic E-state index is 12.6. The number of hydrogen-bond donors (Lipinski definition) is 0. The Morgan fingerprint density at radius 1 is 1.35 bits per heavy atom. The average molecular weight is 310 g/mol. The lowest BCUT2D eigenvalue weighted by molar-refractivity contribution is -0.132. The van der Waals surface area contributed by atoms with E-state index in [1.54, 1.807) is 25.1 Å². The molecule has 6 heteroatoms. The second-order valence-electron chi connectivity index (χ2n) is 5.28. The molecule has 2 atom stereocenters. The van der Waals surface area contributed by atoms with E-state index in [0.29, 0.717) is 23.6 Å².